The summed E-state index contributed by atoms with van der Waals surface area (Å²) in [5, 5.41) is 0.687. The van der Waals surface area contributed by atoms with Crippen LogP contribution in [0.1, 0.15) is 12.7 Å². The molecule has 70 valence electrons. The molecule has 14 heavy (non-hydrogen) atoms. The first-order valence-electron chi connectivity index (χ1n) is 4.68. The Kier molecular flexibility index (Phi) is 2.12. The standard InChI is InChI=1S/C10H11BN2O/c1-2-9-12-8-6-4-3-5-7(8)10(14)13(9)11/h3-6H,2,11H2,1H3. The number of fused-ring (bicyclic) bond motifs is 1. The smallest absolute Gasteiger partial charge is 0.248 e. The average molecular weight is 186 g/mol. The highest BCUT2D eigenvalue weighted by Gasteiger charge is 2.04. The fraction of sp³-hybridized carbons (Fsp3) is 0.200. The Labute approximate surface area is 82.8 Å². The van der Waals surface area contributed by atoms with Gasteiger partial charge < -0.3 is 4.48 Å². The highest BCUT2D eigenvalue weighted by molar-refractivity contribution is 6.07. The van der Waals surface area contributed by atoms with E-state index in [1.807, 2.05) is 31.2 Å². The molecule has 0 radical (unpaired) electrons. The van der Waals surface area contributed by atoms with E-state index in [1.165, 1.54) is 0 Å². The zero-order chi connectivity index (χ0) is 10.1. The molecular formula is C10H11BN2O. The fourth-order valence-electron chi connectivity index (χ4n) is 1.58. The maximum Gasteiger partial charge on any atom is 0.248 e. The fourth-order valence-corrected chi connectivity index (χ4v) is 1.58. The largest absolute Gasteiger partial charge is 0.350 e. The van der Waals surface area contributed by atoms with Crippen molar-refractivity contribution >= 4 is 18.9 Å². The Hall–Kier alpha value is -1.58. The van der Waals surface area contributed by atoms with Crippen LogP contribution in [0.25, 0.3) is 10.9 Å². The summed E-state index contributed by atoms with van der Waals surface area (Å²) in [6.45, 7) is 2.00. The van der Waals surface area contributed by atoms with Crippen molar-refractivity contribution in [3.8, 4) is 0 Å². The van der Waals surface area contributed by atoms with Crippen LogP contribution in [-0.2, 0) is 6.42 Å². The number of hydrogen-bond donors (Lipinski definition) is 0. The van der Waals surface area contributed by atoms with Crippen molar-refractivity contribution in [3.63, 3.8) is 0 Å². The van der Waals surface area contributed by atoms with Crippen molar-refractivity contribution < 1.29 is 0 Å². The van der Waals surface area contributed by atoms with Crippen LogP contribution >= 0.6 is 0 Å². The Balaban J connectivity index is 2.92. The lowest BCUT2D eigenvalue weighted by molar-refractivity contribution is 0.896. The first-order valence-corrected chi connectivity index (χ1v) is 4.68. The Morgan fingerprint density at radius 3 is 2.86 bits per heavy atom. The zero-order valence-corrected chi connectivity index (χ0v) is 8.32. The minimum atomic E-state index is 0.0347. The minimum Gasteiger partial charge on any atom is -0.350 e. The summed E-state index contributed by atoms with van der Waals surface area (Å²) < 4.78 is 1.61. The summed E-state index contributed by atoms with van der Waals surface area (Å²) in [6.07, 6.45) is 0.774. The topological polar surface area (TPSA) is 34.9 Å². The van der Waals surface area contributed by atoms with Gasteiger partial charge in [-0.05, 0) is 12.1 Å². The lowest BCUT2D eigenvalue weighted by Gasteiger charge is -2.06. The van der Waals surface area contributed by atoms with Crippen LogP contribution in [0.2, 0.25) is 0 Å². The van der Waals surface area contributed by atoms with Crippen molar-refractivity contribution in [1.82, 2.24) is 9.46 Å². The molecule has 0 aliphatic carbocycles. The van der Waals surface area contributed by atoms with Crippen LogP contribution < -0.4 is 5.56 Å². The third-order valence-corrected chi connectivity index (χ3v) is 2.39. The van der Waals surface area contributed by atoms with Gasteiger partial charge in [0.2, 0.25) is 13.5 Å². The van der Waals surface area contributed by atoms with E-state index in [4.69, 9.17) is 0 Å². The minimum absolute atomic E-state index is 0.0347. The second kappa shape index (κ2) is 3.29. The van der Waals surface area contributed by atoms with Gasteiger partial charge in [-0.3, -0.25) is 4.79 Å². The number of para-hydroxylation sites is 1. The molecule has 3 nitrogen and oxygen atoms in total. The second-order valence-electron chi connectivity index (χ2n) is 3.26. The van der Waals surface area contributed by atoms with Crippen molar-refractivity contribution in [2.75, 3.05) is 0 Å². The first-order chi connectivity index (χ1) is 6.74. The van der Waals surface area contributed by atoms with Gasteiger partial charge in [0, 0.05) is 6.42 Å². The number of benzene rings is 1. The molecule has 0 bridgehead atoms. The Morgan fingerprint density at radius 2 is 2.14 bits per heavy atom. The number of nitrogens with zero attached hydrogens (tertiary/aromatic N) is 2. The summed E-state index contributed by atoms with van der Waals surface area (Å²) in [4.78, 5) is 16.2. The van der Waals surface area contributed by atoms with E-state index in [1.54, 1.807) is 12.5 Å². The average Bonchev–Trinajstić information content (AvgIpc) is 2.23. The van der Waals surface area contributed by atoms with E-state index in [0.29, 0.717) is 5.39 Å². The van der Waals surface area contributed by atoms with E-state index >= 15 is 0 Å². The van der Waals surface area contributed by atoms with Crippen LogP contribution in [-0.4, -0.2) is 17.4 Å². The van der Waals surface area contributed by atoms with Crippen molar-refractivity contribution in [2.45, 2.75) is 13.3 Å². The van der Waals surface area contributed by atoms with E-state index in [9.17, 15) is 4.79 Å². The lowest BCUT2D eigenvalue weighted by Crippen LogP contribution is -2.23. The molecule has 4 heteroatoms. The van der Waals surface area contributed by atoms with E-state index in [0.717, 1.165) is 17.8 Å². The molecule has 0 spiro atoms. The molecule has 1 heterocycles. The number of hydrogen-bond acceptors (Lipinski definition) is 2. The van der Waals surface area contributed by atoms with Crippen molar-refractivity contribution in [3.05, 3.63) is 40.4 Å². The number of rotatable bonds is 1. The van der Waals surface area contributed by atoms with Crippen molar-refractivity contribution in [2.24, 2.45) is 0 Å². The van der Waals surface area contributed by atoms with Gasteiger partial charge in [0.1, 0.15) is 0 Å². The monoisotopic (exact) mass is 186 g/mol. The zero-order valence-electron chi connectivity index (χ0n) is 8.32. The van der Waals surface area contributed by atoms with Gasteiger partial charge in [0.05, 0.1) is 16.7 Å². The van der Waals surface area contributed by atoms with Crippen LogP contribution in [0.3, 0.4) is 0 Å². The quantitative estimate of drug-likeness (QED) is 0.602. The highest BCUT2D eigenvalue weighted by atomic mass is 16.1. The molecule has 0 amide bonds. The molecule has 0 unspecified atom stereocenters. The Bertz CT molecular complexity index is 533. The van der Waals surface area contributed by atoms with Crippen LogP contribution in [0.4, 0.5) is 0 Å². The van der Waals surface area contributed by atoms with E-state index in [-0.39, 0.29) is 5.56 Å². The van der Waals surface area contributed by atoms with Crippen LogP contribution in [0.5, 0.6) is 0 Å². The molecule has 2 rings (SSSR count). The van der Waals surface area contributed by atoms with Crippen molar-refractivity contribution in [1.29, 1.82) is 0 Å². The molecule has 0 N–H and O–H groups in total. The number of aromatic nitrogens is 2. The third kappa shape index (κ3) is 1.23. The normalized spacial score (nSPS) is 10.6. The van der Waals surface area contributed by atoms with E-state index in [2.05, 4.69) is 4.98 Å². The molecule has 0 aliphatic heterocycles. The van der Waals surface area contributed by atoms with Gasteiger partial charge in [-0.2, -0.15) is 0 Å². The first kappa shape index (κ1) is 9.00. The molecule has 0 aliphatic rings. The van der Waals surface area contributed by atoms with Gasteiger partial charge in [-0.1, -0.05) is 19.1 Å². The lowest BCUT2D eigenvalue weighted by atomic mass is 10.2. The van der Waals surface area contributed by atoms with E-state index < -0.39 is 0 Å². The second-order valence-corrected chi connectivity index (χ2v) is 3.26. The van der Waals surface area contributed by atoms with Gasteiger partial charge in [-0.25, -0.2) is 4.98 Å². The molecule has 0 fully saturated rings. The molecule has 0 atom stereocenters. The predicted octanol–water partition coefficient (Wildman–Crippen LogP) is 0.355. The molecule has 0 saturated carbocycles. The summed E-state index contributed by atoms with van der Waals surface area (Å²) in [5.41, 5.74) is 0.819. The summed E-state index contributed by atoms with van der Waals surface area (Å²) in [7, 11) is 1.76. The summed E-state index contributed by atoms with van der Waals surface area (Å²) >= 11 is 0. The molecule has 2 aromatic rings. The third-order valence-electron chi connectivity index (χ3n) is 2.39. The predicted molar refractivity (Wildman–Crippen MR) is 59.3 cm³/mol. The van der Waals surface area contributed by atoms with Crippen LogP contribution in [0, 0.1) is 0 Å². The Morgan fingerprint density at radius 1 is 1.43 bits per heavy atom. The molecular weight excluding hydrogens is 175 g/mol. The van der Waals surface area contributed by atoms with Gasteiger partial charge in [0.15, 0.2) is 0 Å². The SMILES string of the molecule is Bn1c(CC)nc2ccccc2c1=O. The molecule has 0 saturated heterocycles. The molecule has 1 aromatic heterocycles. The van der Waals surface area contributed by atoms with Gasteiger partial charge in [-0.15, -0.1) is 0 Å². The summed E-state index contributed by atoms with van der Waals surface area (Å²) in [6, 6.07) is 7.44. The summed E-state index contributed by atoms with van der Waals surface area (Å²) in [5.74, 6) is 0.828. The number of aryl methyl sites for hydroxylation is 1. The maximum atomic E-state index is 11.8. The maximum absolute atomic E-state index is 11.8. The molecule has 1 aromatic carbocycles. The van der Waals surface area contributed by atoms with Gasteiger partial charge >= 0.3 is 0 Å². The van der Waals surface area contributed by atoms with Gasteiger partial charge in [0.25, 0.3) is 0 Å². The van der Waals surface area contributed by atoms with Crippen LogP contribution in [0.15, 0.2) is 29.1 Å². The highest BCUT2D eigenvalue weighted by Crippen LogP contribution is 2.06.